The Bertz CT molecular complexity index is 267. The monoisotopic (exact) mass is 163 g/mol. The van der Waals surface area contributed by atoms with Crippen LogP contribution in [-0.2, 0) is 6.42 Å². The molecule has 0 aromatic carbocycles. The minimum atomic E-state index is 0.396. The van der Waals surface area contributed by atoms with E-state index in [-0.39, 0.29) is 0 Å². The average Bonchev–Trinajstić information content (AvgIpc) is 2.05. The minimum Gasteiger partial charge on any atom is -0.237 e. The van der Waals surface area contributed by atoms with Crippen molar-refractivity contribution in [3.05, 3.63) is 23.3 Å². The van der Waals surface area contributed by atoms with Gasteiger partial charge in [0.1, 0.15) is 5.82 Å². The smallest absolute Gasteiger partial charge is 0.131 e. The van der Waals surface area contributed by atoms with Crippen molar-refractivity contribution in [1.82, 2.24) is 9.97 Å². The molecule has 0 fully saturated rings. The highest BCUT2D eigenvalue weighted by atomic mass is 14.9. The molecule has 0 aliphatic rings. The van der Waals surface area contributed by atoms with Crippen LogP contribution in [-0.4, -0.2) is 9.97 Å². The zero-order chi connectivity index (χ0) is 9.14. The maximum atomic E-state index is 4.45. The maximum absolute atomic E-state index is 4.45. The third-order valence-electron chi connectivity index (χ3n) is 1.87. The molecule has 65 valence electrons. The lowest BCUT2D eigenvalue weighted by atomic mass is 10.1. The Hall–Kier alpha value is -0.920. The molecule has 0 saturated heterocycles. The highest BCUT2D eigenvalue weighted by Gasteiger charge is 2.05. The first-order chi connectivity index (χ1) is 5.65. The summed E-state index contributed by atoms with van der Waals surface area (Å²) in [6.07, 6.45) is 3.95. The number of aromatic nitrogens is 2. The van der Waals surface area contributed by atoms with Crippen LogP contribution in [0.5, 0.6) is 0 Å². The standard InChI is InChI=1S/C10H15N2/c1-5-9-8(4)6-11-10(12-9)7(2)3/h7H,5H2,1-4H3. The summed E-state index contributed by atoms with van der Waals surface area (Å²) in [5, 5.41) is 0. The topological polar surface area (TPSA) is 25.8 Å². The van der Waals surface area contributed by atoms with E-state index in [1.165, 1.54) is 0 Å². The molecule has 0 N–H and O–H groups in total. The van der Waals surface area contributed by atoms with Crippen molar-refractivity contribution in [1.29, 1.82) is 0 Å². The predicted molar refractivity (Wildman–Crippen MR) is 49.1 cm³/mol. The Morgan fingerprint density at radius 1 is 1.42 bits per heavy atom. The van der Waals surface area contributed by atoms with Crippen molar-refractivity contribution in [3.63, 3.8) is 0 Å². The Balaban J connectivity index is 3.05. The lowest BCUT2D eigenvalue weighted by Crippen LogP contribution is -2.02. The Morgan fingerprint density at radius 3 is 2.58 bits per heavy atom. The van der Waals surface area contributed by atoms with Crippen LogP contribution in [0.4, 0.5) is 0 Å². The van der Waals surface area contributed by atoms with Gasteiger partial charge in [-0.15, -0.1) is 0 Å². The van der Waals surface area contributed by atoms with Crippen LogP contribution in [0.1, 0.15) is 43.8 Å². The van der Waals surface area contributed by atoms with Crippen LogP contribution >= 0.6 is 0 Å². The molecule has 2 nitrogen and oxygen atoms in total. The number of hydrogen-bond acceptors (Lipinski definition) is 2. The second kappa shape index (κ2) is 3.65. The molecule has 0 spiro atoms. The Labute approximate surface area is 74.1 Å². The largest absolute Gasteiger partial charge is 0.237 e. The molecule has 2 heteroatoms. The van der Waals surface area contributed by atoms with Gasteiger partial charge in [-0.2, -0.15) is 0 Å². The minimum absolute atomic E-state index is 0.396. The van der Waals surface area contributed by atoms with Crippen molar-refractivity contribution in [3.8, 4) is 0 Å². The summed E-state index contributed by atoms with van der Waals surface area (Å²) in [4.78, 5) is 8.60. The van der Waals surface area contributed by atoms with Gasteiger partial charge in [-0.05, 0) is 18.9 Å². The van der Waals surface area contributed by atoms with E-state index in [2.05, 4.69) is 36.9 Å². The lowest BCUT2D eigenvalue weighted by molar-refractivity contribution is 0.751. The molecular formula is C10H15N2. The van der Waals surface area contributed by atoms with E-state index >= 15 is 0 Å². The number of hydrogen-bond donors (Lipinski definition) is 0. The third kappa shape index (κ3) is 1.81. The Morgan fingerprint density at radius 2 is 2.08 bits per heavy atom. The van der Waals surface area contributed by atoms with Gasteiger partial charge in [-0.3, -0.25) is 0 Å². The van der Waals surface area contributed by atoms with Gasteiger partial charge < -0.3 is 0 Å². The van der Waals surface area contributed by atoms with E-state index in [4.69, 9.17) is 0 Å². The Kier molecular flexibility index (Phi) is 2.79. The third-order valence-corrected chi connectivity index (χ3v) is 1.87. The van der Waals surface area contributed by atoms with Gasteiger partial charge in [-0.25, -0.2) is 9.97 Å². The molecule has 0 aliphatic heterocycles. The molecule has 1 rings (SSSR count). The fraction of sp³-hybridized carbons (Fsp3) is 0.600. The summed E-state index contributed by atoms with van der Waals surface area (Å²) in [7, 11) is 0. The van der Waals surface area contributed by atoms with Crippen LogP contribution in [0.3, 0.4) is 0 Å². The highest BCUT2D eigenvalue weighted by molar-refractivity contribution is 5.15. The first-order valence-corrected chi connectivity index (χ1v) is 4.40. The first kappa shape index (κ1) is 9.17. The van der Waals surface area contributed by atoms with Crippen LogP contribution in [0.2, 0.25) is 0 Å². The van der Waals surface area contributed by atoms with Gasteiger partial charge in [0.2, 0.25) is 0 Å². The normalized spacial score (nSPS) is 10.8. The molecule has 0 aliphatic carbocycles. The van der Waals surface area contributed by atoms with E-state index < -0.39 is 0 Å². The molecule has 0 bridgehead atoms. The van der Waals surface area contributed by atoms with Gasteiger partial charge in [0.15, 0.2) is 0 Å². The summed E-state index contributed by atoms with van der Waals surface area (Å²) in [6.45, 7) is 8.30. The van der Waals surface area contributed by atoms with Gasteiger partial charge in [0.05, 0.1) is 6.20 Å². The van der Waals surface area contributed by atoms with Gasteiger partial charge in [-0.1, -0.05) is 20.8 Å². The molecule has 1 heterocycles. The van der Waals surface area contributed by atoms with E-state index in [1.807, 2.05) is 6.92 Å². The average molecular weight is 163 g/mol. The highest BCUT2D eigenvalue weighted by Crippen LogP contribution is 2.10. The fourth-order valence-electron chi connectivity index (χ4n) is 1.06. The van der Waals surface area contributed by atoms with Crippen molar-refractivity contribution < 1.29 is 0 Å². The van der Waals surface area contributed by atoms with Gasteiger partial charge in [0.25, 0.3) is 0 Å². The fourth-order valence-corrected chi connectivity index (χ4v) is 1.06. The second-order valence-electron chi connectivity index (χ2n) is 3.27. The summed E-state index contributed by atoms with van der Waals surface area (Å²) in [6, 6.07) is 0. The molecule has 1 radical (unpaired) electrons. The zero-order valence-corrected chi connectivity index (χ0v) is 8.18. The van der Waals surface area contributed by atoms with E-state index in [1.54, 1.807) is 0 Å². The first-order valence-electron chi connectivity index (χ1n) is 4.40. The van der Waals surface area contributed by atoms with Crippen molar-refractivity contribution in [2.24, 2.45) is 0 Å². The summed E-state index contributed by atoms with van der Waals surface area (Å²) in [5.74, 6) is 1.30. The summed E-state index contributed by atoms with van der Waals surface area (Å²) >= 11 is 0. The SMILES string of the molecule is CCc1nc(C(C)C)n[c]c1C. The molecule has 1 aromatic heterocycles. The lowest BCUT2D eigenvalue weighted by Gasteiger charge is -2.06. The van der Waals surface area contributed by atoms with E-state index in [0.717, 1.165) is 23.5 Å². The number of rotatable bonds is 2. The van der Waals surface area contributed by atoms with Crippen LogP contribution in [0, 0.1) is 13.1 Å². The van der Waals surface area contributed by atoms with Gasteiger partial charge in [0, 0.05) is 11.6 Å². The molecule has 1 aromatic rings. The van der Waals surface area contributed by atoms with Crippen molar-refractivity contribution >= 4 is 0 Å². The van der Waals surface area contributed by atoms with E-state index in [9.17, 15) is 0 Å². The molecule has 12 heavy (non-hydrogen) atoms. The van der Waals surface area contributed by atoms with Crippen molar-refractivity contribution in [2.75, 3.05) is 0 Å². The zero-order valence-electron chi connectivity index (χ0n) is 8.18. The molecule has 0 amide bonds. The molecule has 0 unspecified atom stereocenters. The molecule has 0 atom stereocenters. The van der Waals surface area contributed by atoms with Crippen molar-refractivity contribution in [2.45, 2.75) is 40.0 Å². The summed E-state index contributed by atoms with van der Waals surface area (Å²) < 4.78 is 0. The van der Waals surface area contributed by atoms with Crippen LogP contribution in [0.25, 0.3) is 0 Å². The molecule has 0 saturated carbocycles. The predicted octanol–water partition coefficient (Wildman–Crippen LogP) is 2.27. The van der Waals surface area contributed by atoms with Gasteiger partial charge >= 0.3 is 0 Å². The molecular weight excluding hydrogens is 148 g/mol. The van der Waals surface area contributed by atoms with Crippen LogP contribution < -0.4 is 0 Å². The van der Waals surface area contributed by atoms with E-state index in [0.29, 0.717) is 5.92 Å². The van der Waals surface area contributed by atoms with Crippen LogP contribution in [0.15, 0.2) is 0 Å². The summed E-state index contributed by atoms with van der Waals surface area (Å²) in [5.41, 5.74) is 2.19. The second-order valence-corrected chi connectivity index (χ2v) is 3.27. The maximum Gasteiger partial charge on any atom is 0.131 e. The number of aryl methyl sites for hydroxylation is 2. The number of nitrogens with zero attached hydrogens (tertiary/aromatic N) is 2. The quantitative estimate of drug-likeness (QED) is 0.668.